The van der Waals surface area contributed by atoms with Crippen LogP contribution in [0.15, 0.2) is 0 Å². The predicted molar refractivity (Wildman–Crippen MR) is 31.6 cm³/mol. The summed E-state index contributed by atoms with van der Waals surface area (Å²) in [5, 5.41) is 17.8. The zero-order valence-corrected chi connectivity index (χ0v) is 7.88. The molecule has 2 N–H and O–H groups in total. The van der Waals surface area contributed by atoms with E-state index in [-0.39, 0.29) is 43.2 Å². The normalized spacial score (nSPS) is 35.3. The maximum Gasteiger partial charge on any atom is 1.00 e. The van der Waals surface area contributed by atoms with E-state index in [1.165, 1.54) is 0 Å². The standard InChI is InChI=1S/C6H12O2.Na.H/c7-5-2-1-3-6(8)4-5;;/h5-8H,1-4H2;;/q;+1;-1. The van der Waals surface area contributed by atoms with Crippen molar-refractivity contribution in [1.82, 2.24) is 0 Å². The number of aliphatic hydroxyl groups excluding tert-OH is 2. The molecule has 2 atom stereocenters. The summed E-state index contributed by atoms with van der Waals surface area (Å²) in [6.07, 6.45) is 2.83. The number of aliphatic hydroxyl groups is 2. The molecule has 1 fully saturated rings. The number of rotatable bonds is 0. The van der Waals surface area contributed by atoms with Crippen molar-refractivity contribution in [2.24, 2.45) is 0 Å². The average Bonchev–Trinajstić information content (AvgIpc) is 1.64. The summed E-state index contributed by atoms with van der Waals surface area (Å²) in [5.74, 6) is 0. The van der Waals surface area contributed by atoms with Crippen molar-refractivity contribution < 1.29 is 41.2 Å². The Morgan fingerprint density at radius 1 is 1.11 bits per heavy atom. The van der Waals surface area contributed by atoms with E-state index in [9.17, 15) is 0 Å². The van der Waals surface area contributed by atoms with E-state index in [1.807, 2.05) is 0 Å². The van der Waals surface area contributed by atoms with Gasteiger partial charge >= 0.3 is 29.6 Å². The maximum absolute atomic E-state index is 8.92. The Morgan fingerprint density at radius 3 is 1.78 bits per heavy atom. The zero-order valence-electron chi connectivity index (χ0n) is 6.88. The second-order valence-corrected chi connectivity index (χ2v) is 2.47. The van der Waals surface area contributed by atoms with Gasteiger partial charge in [0.05, 0.1) is 12.2 Å². The van der Waals surface area contributed by atoms with Gasteiger partial charge in [-0.3, -0.25) is 0 Å². The first kappa shape index (κ1) is 9.92. The smallest absolute Gasteiger partial charge is 1.00 e. The van der Waals surface area contributed by atoms with Crippen molar-refractivity contribution in [2.75, 3.05) is 0 Å². The van der Waals surface area contributed by atoms with Crippen LogP contribution in [0.4, 0.5) is 0 Å². The van der Waals surface area contributed by atoms with Gasteiger partial charge in [-0.15, -0.1) is 0 Å². The second kappa shape index (κ2) is 4.69. The molecule has 2 unspecified atom stereocenters. The first-order valence-corrected chi connectivity index (χ1v) is 3.15. The molecule has 0 aromatic heterocycles. The van der Waals surface area contributed by atoms with Crippen LogP contribution in [0, 0.1) is 0 Å². The van der Waals surface area contributed by atoms with Crippen LogP contribution in [-0.4, -0.2) is 22.4 Å². The van der Waals surface area contributed by atoms with Gasteiger partial charge in [0.2, 0.25) is 0 Å². The van der Waals surface area contributed by atoms with Crippen LogP contribution < -0.4 is 29.6 Å². The first-order chi connectivity index (χ1) is 3.79. The van der Waals surface area contributed by atoms with E-state index in [0.29, 0.717) is 6.42 Å². The summed E-state index contributed by atoms with van der Waals surface area (Å²) in [6.45, 7) is 0. The van der Waals surface area contributed by atoms with Crippen LogP contribution in [0.25, 0.3) is 0 Å². The molecule has 1 saturated carbocycles. The molecule has 1 aliphatic rings. The molecule has 0 amide bonds. The fraction of sp³-hybridized carbons (Fsp3) is 1.00. The molecule has 0 spiro atoms. The monoisotopic (exact) mass is 140 g/mol. The molecule has 0 aromatic rings. The molecule has 0 aliphatic heterocycles. The van der Waals surface area contributed by atoms with Crippen LogP contribution in [-0.2, 0) is 0 Å². The Kier molecular flexibility index (Phi) is 5.17. The number of hydrogen-bond acceptors (Lipinski definition) is 2. The predicted octanol–water partition coefficient (Wildman–Crippen LogP) is -2.60. The van der Waals surface area contributed by atoms with Gasteiger partial charge in [0.1, 0.15) is 0 Å². The molecule has 2 nitrogen and oxygen atoms in total. The molecular formula is C6H13NaO2. The Labute approximate surface area is 79.0 Å². The van der Waals surface area contributed by atoms with E-state index >= 15 is 0 Å². The molecule has 9 heavy (non-hydrogen) atoms. The van der Waals surface area contributed by atoms with Crippen LogP contribution in [0.2, 0.25) is 0 Å². The van der Waals surface area contributed by atoms with E-state index in [4.69, 9.17) is 10.2 Å². The van der Waals surface area contributed by atoms with Crippen LogP contribution in [0.5, 0.6) is 0 Å². The Bertz CT molecular complexity index is 74.1. The third kappa shape index (κ3) is 3.58. The minimum atomic E-state index is -0.237. The summed E-state index contributed by atoms with van der Waals surface area (Å²) in [7, 11) is 0. The summed E-state index contributed by atoms with van der Waals surface area (Å²) in [6, 6.07) is 0. The van der Waals surface area contributed by atoms with Crippen molar-refractivity contribution >= 4 is 0 Å². The summed E-state index contributed by atoms with van der Waals surface area (Å²) < 4.78 is 0. The minimum Gasteiger partial charge on any atom is -1.00 e. The van der Waals surface area contributed by atoms with Crippen LogP contribution in [0.1, 0.15) is 27.1 Å². The molecule has 0 heterocycles. The Balaban J connectivity index is 0. The molecule has 1 rings (SSSR count). The zero-order chi connectivity index (χ0) is 5.98. The average molecular weight is 140 g/mol. The summed E-state index contributed by atoms with van der Waals surface area (Å²) >= 11 is 0. The molecule has 0 bridgehead atoms. The van der Waals surface area contributed by atoms with E-state index in [0.717, 1.165) is 19.3 Å². The van der Waals surface area contributed by atoms with Gasteiger partial charge < -0.3 is 11.6 Å². The number of hydrogen-bond donors (Lipinski definition) is 2. The van der Waals surface area contributed by atoms with Crippen molar-refractivity contribution in [2.45, 2.75) is 37.9 Å². The van der Waals surface area contributed by atoms with Crippen molar-refractivity contribution in [1.29, 1.82) is 0 Å². The van der Waals surface area contributed by atoms with E-state index < -0.39 is 0 Å². The van der Waals surface area contributed by atoms with Crippen molar-refractivity contribution in [3.63, 3.8) is 0 Å². The minimum absolute atomic E-state index is 0. The van der Waals surface area contributed by atoms with Gasteiger partial charge in [-0.05, 0) is 25.7 Å². The SMILES string of the molecule is OC1CCCC(O)C1.[H-].[Na+]. The molecule has 0 saturated heterocycles. The molecule has 50 valence electrons. The van der Waals surface area contributed by atoms with E-state index in [1.54, 1.807) is 0 Å². The fourth-order valence-corrected chi connectivity index (χ4v) is 1.14. The Hall–Kier alpha value is 0.920. The molecule has 3 heteroatoms. The topological polar surface area (TPSA) is 40.5 Å². The molecular weight excluding hydrogens is 127 g/mol. The van der Waals surface area contributed by atoms with Gasteiger partial charge in [-0.1, -0.05) is 0 Å². The first-order valence-electron chi connectivity index (χ1n) is 3.15. The second-order valence-electron chi connectivity index (χ2n) is 2.47. The summed E-state index contributed by atoms with van der Waals surface area (Å²) in [5.41, 5.74) is 0. The molecule has 0 radical (unpaired) electrons. The van der Waals surface area contributed by atoms with Gasteiger partial charge in [-0.25, -0.2) is 0 Å². The maximum atomic E-state index is 8.92. The van der Waals surface area contributed by atoms with E-state index in [2.05, 4.69) is 0 Å². The largest absolute Gasteiger partial charge is 1.00 e. The van der Waals surface area contributed by atoms with Crippen molar-refractivity contribution in [3.05, 3.63) is 0 Å². The van der Waals surface area contributed by atoms with Gasteiger partial charge in [0, 0.05) is 0 Å². The van der Waals surface area contributed by atoms with Gasteiger partial charge in [0.25, 0.3) is 0 Å². The molecule has 1 aliphatic carbocycles. The Morgan fingerprint density at radius 2 is 1.56 bits per heavy atom. The van der Waals surface area contributed by atoms with Gasteiger partial charge in [0.15, 0.2) is 0 Å². The van der Waals surface area contributed by atoms with Crippen LogP contribution in [0.3, 0.4) is 0 Å². The third-order valence-electron chi connectivity index (χ3n) is 1.62. The molecule has 0 aromatic carbocycles. The van der Waals surface area contributed by atoms with Crippen LogP contribution >= 0.6 is 0 Å². The van der Waals surface area contributed by atoms with Gasteiger partial charge in [-0.2, -0.15) is 0 Å². The summed E-state index contributed by atoms with van der Waals surface area (Å²) in [4.78, 5) is 0. The fourth-order valence-electron chi connectivity index (χ4n) is 1.14. The quantitative estimate of drug-likeness (QED) is 0.362. The van der Waals surface area contributed by atoms with Crippen molar-refractivity contribution in [3.8, 4) is 0 Å². The third-order valence-corrected chi connectivity index (χ3v) is 1.62.